The van der Waals surface area contributed by atoms with Crippen molar-refractivity contribution in [2.75, 3.05) is 4.90 Å². The van der Waals surface area contributed by atoms with Crippen LogP contribution in [0, 0.1) is 0 Å². The Morgan fingerprint density at radius 3 is 2.52 bits per heavy atom. The lowest BCUT2D eigenvalue weighted by molar-refractivity contribution is -0.117. The predicted molar refractivity (Wildman–Crippen MR) is 118 cm³/mol. The average molecular weight is 430 g/mol. The zero-order valence-corrected chi connectivity index (χ0v) is 16.9. The summed E-state index contributed by atoms with van der Waals surface area (Å²) in [5, 5.41) is 13.1. The first-order chi connectivity index (χ1) is 15.1. The van der Waals surface area contributed by atoms with Crippen LogP contribution in [0.25, 0.3) is 10.8 Å². The van der Waals surface area contributed by atoms with Crippen LogP contribution in [0.2, 0.25) is 5.02 Å². The minimum absolute atomic E-state index is 0.0312. The number of rotatable bonds is 4. The second kappa shape index (κ2) is 7.45. The van der Waals surface area contributed by atoms with Gasteiger partial charge < -0.3 is 9.52 Å². The summed E-state index contributed by atoms with van der Waals surface area (Å²) in [6.45, 7) is 0. The SMILES string of the molecule is O=C(C1=C(O)C(=O)N(c2cccc(Cl)c2)C1c1cccc2ccccc12)c1ccco1. The summed E-state index contributed by atoms with van der Waals surface area (Å²) in [5.41, 5.74) is 1.16. The summed E-state index contributed by atoms with van der Waals surface area (Å²) in [6, 6.07) is 22.4. The van der Waals surface area contributed by atoms with E-state index >= 15 is 0 Å². The maximum atomic E-state index is 13.3. The molecule has 5 rings (SSSR count). The summed E-state index contributed by atoms with van der Waals surface area (Å²) < 4.78 is 5.28. The van der Waals surface area contributed by atoms with Crippen LogP contribution in [0.4, 0.5) is 5.69 Å². The molecule has 0 spiro atoms. The van der Waals surface area contributed by atoms with Crippen molar-refractivity contribution in [1.29, 1.82) is 0 Å². The molecule has 152 valence electrons. The third-order valence-corrected chi connectivity index (χ3v) is 5.64. The van der Waals surface area contributed by atoms with Gasteiger partial charge in [0, 0.05) is 10.7 Å². The molecule has 1 amide bonds. The highest BCUT2D eigenvalue weighted by atomic mass is 35.5. The van der Waals surface area contributed by atoms with E-state index in [9.17, 15) is 14.7 Å². The molecule has 1 aromatic heterocycles. The number of aliphatic hydroxyl groups is 1. The van der Waals surface area contributed by atoms with Crippen molar-refractivity contribution >= 4 is 39.8 Å². The van der Waals surface area contributed by atoms with E-state index in [1.165, 1.54) is 17.2 Å². The van der Waals surface area contributed by atoms with Crippen LogP contribution >= 0.6 is 11.6 Å². The lowest BCUT2D eigenvalue weighted by Crippen LogP contribution is -2.31. The van der Waals surface area contributed by atoms with Crippen LogP contribution < -0.4 is 4.90 Å². The molecule has 1 atom stereocenters. The molecule has 31 heavy (non-hydrogen) atoms. The second-order valence-corrected chi connectivity index (χ2v) is 7.63. The maximum absolute atomic E-state index is 13.3. The Morgan fingerprint density at radius 2 is 1.74 bits per heavy atom. The van der Waals surface area contributed by atoms with Gasteiger partial charge in [0.05, 0.1) is 17.9 Å². The van der Waals surface area contributed by atoms with Crippen molar-refractivity contribution in [3.05, 3.63) is 113 Å². The van der Waals surface area contributed by atoms with Crippen molar-refractivity contribution in [3.8, 4) is 0 Å². The molecule has 1 aliphatic rings. The van der Waals surface area contributed by atoms with E-state index in [1.807, 2.05) is 42.5 Å². The number of halogens is 1. The highest BCUT2D eigenvalue weighted by Crippen LogP contribution is 2.44. The lowest BCUT2D eigenvalue weighted by Gasteiger charge is -2.28. The minimum Gasteiger partial charge on any atom is -0.503 e. The smallest absolute Gasteiger partial charge is 0.294 e. The Balaban J connectivity index is 1.77. The number of furan rings is 1. The first kappa shape index (κ1) is 19.2. The van der Waals surface area contributed by atoms with Crippen molar-refractivity contribution in [3.63, 3.8) is 0 Å². The molecule has 5 nitrogen and oxygen atoms in total. The van der Waals surface area contributed by atoms with E-state index in [0.717, 1.165) is 10.8 Å². The number of Topliss-reactive ketones (excluding diaryl/α,β-unsaturated/α-hetero) is 1. The predicted octanol–water partition coefficient (Wildman–Crippen LogP) is 5.87. The Labute approximate surface area is 182 Å². The molecule has 0 fully saturated rings. The van der Waals surface area contributed by atoms with E-state index in [-0.39, 0.29) is 11.3 Å². The highest BCUT2D eigenvalue weighted by Gasteiger charge is 2.45. The molecule has 6 heteroatoms. The van der Waals surface area contributed by atoms with Crippen LogP contribution in [-0.4, -0.2) is 16.8 Å². The molecular formula is C25H16ClNO4. The Kier molecular flexibility index (Phi) is 4.60. The van der Waals surface area contributed by atoms with Gasteiger partial charge in [-0.15, -0.1) is 0 Å². The van der Waals surface area contributed by atoms with E-state index < -0.39 is 23.5 Å². The molecule has 2 heterocycles. The van der Waals surface area contributed by atoms with Crippen molar-refractivity contribution < 1.29 is 19.1 Å². The summed E-state index contributed by atoms with van der Waals surface area (Å²) >= 11 is 6.18. The van der Waals surface area contributed by atoms with Crippen molar-refractivity contribution in [2.45, 2.75) is 6.04 Å². The van der Waals surface area contributed by atoms with Gasteiger partial charge in [-0.25, -0.2) is 0 Å². The minimum atomic E-state index is -0.852. The first-order valence-corrected chi connectivity index (χ1v) is 10.0. The first-order valence-electron chi connectivity index (χ1n) is 9.64. The van der Waals surface area contributed by atoms with Crippen LogP contribution in [0.15, 0.2) is 101 Å². The number of aliphatic hydroxyl groups excluding tert-OH is 1. The van der Waals surface area contributed by atoms with Crippen LogP contribution in [-0.2, 0) is 4.79 Å². The number of anilines is 1. The van der Waals surface area contributed by atoms with E-state index in [4.69, 9.17) is 16.0 Å². The van der Waals surface area contributed by atoms with Gasteiger partial charge in [-0.3, -0.25) is 14.5 Å². The zero-order chi connectivity index (χ0) is 21.5. The summed E-state index contributed by atoms with van der Waals surface area (Å²) in [6.07, 6.45) is 1.38. The summed E-state index contributed by atoms with van der Waals surface area (Å²) in [7, 11) is 0. The number of benzene rings is 3. The summed E-state index contributed by atoms with van der Waals surface area (Å²) in [5.74, 6) is -1.76. The molecule has 0 radical (unpaired) electrons. The Bertz CT molecular complexity index is 1350. The number of carbonyl (C=O) groups is 2. The number of amides is 1. The van der Waals surface area contributed by atoms with Crippen LogP contribution in [0.5, 0.6) is 0 Å². The van der Waals surface area contributed by atoms with Gasteiger partial charge in [0.2, 0.25) is 5.78 Å². The number of fused-ring (bicyclic) bond motifs is 1. The Hall–Kier alpha value is -3.83. The number of nitrogens with zero attached hydrogens (tertiary/aromatic N) is 1. The summed E-state index contributed by atoms with van der Waals surface area (Å²) in [4.78, 5) is 27.9. The van der Waals surface area contributed by atoms with E-state index in [1.54, 1.807) is 30.3 Å². The van der Waals surface area contributed by atoms with Crippen molar-refractivity contribution in [1.82, 2.24) is 0 Å². The number of hydrogen-bond acceptors (Lipinski definition) is 4. The number of carbonyl (C=O) groups excluding carboxylic acids is 2. The van der Waals surface area contributed by atoms with Crippen LogP contribution in [0.3, 0.4) is 0 Å². The number of ketones is 1. The van der Waals surface area contributed by atoms with Gasteiger partial charge in [0.15, 0.2) is 11.5 Å². The van der Waals surface area contributed by atoms with Gasteiger partial charge in [0.1, 0.15) is 0 Å². The molecular weight excluding hydrogens is 414 g/mol. The third kappa shape index (κ3) is 3.10. The molecule has 1 N–H and O–H groups in total. The van der Waals surface area contributed by atoms with Gasteiger partial charge >= 0.3 is 0 Å². The Morgan fingerprint density at radius 1 is 0.968 bits per heavy atom. The van der Waals surface area contributed by atoms with Crippen molar-refractivity contribution in [2.24, 2.45) is 0 Å². The maximum Gasteiger partial charge on any atom is 0.294 e. The molecule has 0 saturated heterocycles. The highest BCUT2D eigenvalue weighted by molar-refractivity contribution is 6.31. The molecule has 0 bridgehead atoms. The second-order valence-electron chi connectivity index (χ2n) is 7.19. The van der Waals surface area contributed by atoms with Gasteiger partial charge in [-0.2, -0.15) is 0 Å². The topological polar surface area (TPSA) is 70.8 Å². The molecule has 1 aliphatic heterocycles. The van der Waals surface area contributed by atoms with E-state index in [0.29, 0.717) is 16.3 Å². The normalized spacial score (nSPS) is 16.4. The van der Waals surface area contributed by atoms with E-state index in [2.05, 4.69) is 0 Å². The van der Waals surface area contributed by atoms with Gasteiger partial charge in [-0.05, 0) is 46.7 Å². The third-order valence-electron chi connectivity index (χ3n) is 5.40. The van der Waals surface area contributed by atoms with Gasteiger partial charge in [0.25, 0.3) is 5.91 Å². The largest absolute Gasteiger partial charge is 0.503 e. The molecule has 0 saturated carbocycles. The lowest BCUT2D eigenvalue weighted by atomic mass is 9.91. The molecule has 4 aromatic rings. The molecule has 1 unspecified atom stereocenters. The fraction of sp³-hybridized carbons (Fsp3) is 0.0400. The van der Waals surface area contributed by atoms with Gasteiger partial charge in [-0.1, -0.05) is 60.1 Å². The van der Waals surface area contributed by atoms with Crippen LogP contribution in [0.1, 0.15) is 22.2 Å². The monoisotopic (exact) mass is 429 g/mol. The fourth-order valence-corrected chi connectivity index (χ4v) is 4.24. The average Bonchev–Trinajstić information content (AvgIpc) is 3.40. The number of hydrogen-bond donors (Lipinski definition) is 1. The quantitative estimate of drug-likeness (QED) is 0.412. The molecule has 0 aliphatic carbocycles. The standard InChI is InChI=1S/C25H16ClNO4/c26-16-8-4-9-17(14-16)27-22(19-11-3-7-15-6-1-2-10-18(15)19)21(24(29)25(27)30)23(28)20-12-5-13-31-20/h1-14,22,29H. The molecule has 3 aromatic carbocycles. The fourth-order valence-electron chi connectivity index (χ4n) is 4.05. The zero-order valence-electron chi connectivity index (χ0n) is 16.2.